The highest BCUT2D eigenvalue weighted by molar-refractivity contribution is 7.98. The first-order chi connectivity index (χ1) is 15.0. The Morgan fingerprint density at radius 1 is 1.28 bits per heavy atom. The number of thioether (sulfide) groups is 1. The molecule has 1 aromatic rings. The quantitative estimate of drug-likeness (QED) is 0.200. The van der Waals surface area contributed by atoms with Crippen molar-refractivity contribution in [2.45, 2.75) is 54.5 Å². The zero-order valence-electron chi connectivity index (χ0n) is 17.5. The molecule has 1 aliphatic rings. The number of nitro benzene ring substituents is 1. The summed E-state index contributed by atoms with van der Waals surface area (Å²) in [5, 5.41) is 15.8. The maximum atomic E-state index is 12.4. The molecule has 2 rings (SSSR count). The summed E-state index contributed by atoms with van der Waals surface area (Å²) in [6.45, 7) is 0.418. The molecule has 1 aromatic carbocycles. The van der Waals surface area contributed by atoms with Crippen LogP contribution < -0.4 is 15.4 Å². The Hall–Kier alpha value is -2.71. The number of imide groups is 1. The third-order valence-corrected chi connectivity index (χ3v) is 6.85. The lowest BCUT2D eigenvalue weighted by Gasteiger charge is -2.15. The van der Waals surface area contributed by atoms with E-state index in [1.54, 1.807) is 6.26 Å². The second-order valence-electron chi connectivity index (χ2n) is 6.99. The lowest BCUT2D eigenvalue weighted by Crippen LogP contribution is -2.47. The molecule has 0 bridgehead atoms. The summed E-state index contributed by atoms with van der Waals surface area (Å²) in [6.07, 6.45) is 3.92. The summed E-state index contributed by atoms with van der Waals surface area (Å²) in [6, 6.07) is 2.65. The third-order valence-electron chi connectivity index (χ3n) is 4.67. The number of nitrogens with zero attached hydrogens (tertiary/aromatic N) is 1. The molecule has 1 fully saturated rings. The number of nitro groups is 1. The van der Waals surface area contributed by atoms with Crippen molar-refractivity contribution in [1.82, 2.24) is 15.4 Å². The fraction of sp³-hybridized carbons (Fsp3) is 0.500. The Balaban J connectivity index is 1.88. The Labute approximate surface area is 189 Å². The van der Waals surface area contributed by atoms with Crippen LogP contribution in [0.15, 0.2) is 28.0 Å². The molecule has 1 saturated carbocycles. The molecule has 0 heterocycles. The smallest absolute Gasteiger partial charge is 0.321 e. The fourth-order valence-corrected chi connectivity index (χ4v) is 4.55. The number of nitrogens with one attached hydrogen (secondary N) is 3. The minimum atomic E-state index is -4.25. The zero-order valence-corrected chi connectivity index (χ0v) is 19.1. The van der Waals surface area contributed by atoms with Crippen LogP contribution in [0, 0.1) is 10.1 Å². The summed E-state index contributed by atoms with van der Waals surface area (Å²) in [4.78, 5) is 46.0. The molecule has 32 heavy (non-hydrogen) atoms. The molecular weight excluding hydrogens is 464 g/mol. The maximum Gasteiger partial charge on any atom is 0.321 e. The summed E-state index contributed by atoms with van der Waals surface area (Å²) in [5.41, 5.74) is -0.385. The van der Waals surface area contributed by atoms with Gasteiger partial charge in [-0.05, 0) is 38.2 Å². The van der Waals surface area contributed by atoms with Crippen LogP contribution in [0.3, 0.4) is 0 Å². The molecule has 0 aromatic heterocycles. The van der Waals surface area contributed by atoms with Gasteiger partial charge in [0, 0.05) is 12.1 Å². The number of benzene rings is 1. The summed E-state index contributed by atoms with van der Waals surface area (Å²) >= 11 is 1.09. The number of sulfonamides is 1. The van der Waals surface area contributed by atoms with E-state index in [2.05, 4.69) is 10.6 Å². The van der Waals surface area contributed by atoms with Gasteiger partial charge >= 0.3 is 12.0 Å². The fourth-order valence-electron chi connectivity index (χ4n) is 3.01. The molecule has 1 atom stereocenters. The molecule has 14 heteroatoms. The van der Waals surface area contributed by atoms with E-state index in [1.807, 2.05) is 4.72 Å². The average molecular weight is 489 g/mol. The van der Waals surface area contributed by atoms with Crippen LogP contribution in [0.25, 0.3) is 0 Å². The monoisotopic (exact) mass is 488 g/mol. The van der Waals surface area contributed by atoms with Gasteiger partial charge in [0.15, 0.2) is 6.10 Å². The van der Waals surface area contributed by atoms with Crippen molar-refractivity contribution in [2.24, 2.45) is 0 Å². The summed E-state index contributed by atoms with van der Waals surface area (Å²) in [5.74, 6) is -1.93. The molecule has 0 radical (unpaired) electrons. The van der Waals surface area contributed by atoms with Crippen LogP contribution in [0.4, 0.5) is 10.5 Å². The second-order valence-corrected chi connectivity index (χ2v) is 9.61. The number of hydrogen-bond acceptors (Lipinski definition) is 9. The Bertz CT molecular complexity index is 993. The number of rotatable bonds is 9. The Kier molecular flexibility index (Phi) is 8.98. The summed E-state index contributed by atoms with van der Waals surface area (Å²) < 4.78 is 31.5. The Morgan fingerprint density at radius 3 is 2.53 bits per heavy atom. The largest absolute Gasteiger partial charge is 0.452 e. The molecule has 3 amide bonds. The van der Waals surface area contributed by atoms with E-state index in [0.29, 0.717) is 0 Å². The van der Waals surface area contributed by atoms with E-state index in [1.165, 1.54) is 19.1 Å². The molecule has 176 valence electrons. The topological polar surface area (TPSA) is 174 Å². The number of carbonyl (C=O) groups excluding carboxylic acids is 3. The van der Waals surface area contributed by atoms with Gasteiger partial charge in [0.05, 0.1) is 14.7 Å². The highest BCUT2D eigenvalue weighted by Gasteiger charge is 2.25. The molecule has 12 nitrogen and oxygen atoms in total. The van der Waals surface area contributed by atoms with Gasteiger partial charge in [-0.3, -0.25) is 25.0 Å². The number of esters is 1. The van der Waals surface area contributed by atoms with Gasteiger partial charge in [-0.1, -0.05) is 12.8 Å². The highest BCUT2D eigenvalue weighted by atomic mass is 32.2. The van der Waals surface area contributed by atoms with Crippen LogP contribution in [-0.2, 0) is 24.3 Å². The SMILES string of the molecule is CSc1ccc(S(=O)(=O)NCC(=O)OC(C)C(=O)NC(=O)NC2CCCC2)cc1[N+](=O)[O-]. The maximum absolute atomic E-state index is 12.4. The highest BCUT2D eigenvalue weighted by Crippen LogP contribution is 2.29. The van der Waals surface area contributed by atoms with Gasteiger partial charge in [0.25, 0.3) is 11.6 Å². The second kappa shape index (κ2) is 11.2. The van der Waals surface area contributed by atoms with Crippen molar-refractivity contribution in [3.05, 3.63) is 28.3 Å². The molecule has 1 unspecified atom stereocenters. The molecule has 0 aliphatic heterocycles. The van der Waals surface area contributed by atoms with Crippen molar-refractivity contribution in [3.63, 3.8) is 0 Å². The third kappa shape index (κ3) is 7.17. The Morgan fingerprint density at radius 2 is 1.94 bits per heavy atom. The lowest BCUT2D eigenvalue weighted by atomic mass is 10.2. The van der Waals surface area contributed by atoms with E-state index < -0.39 is 50.4 Å². The molecule has 1 aliphatic carbocycles. The van der Waals surface area contributed by atoms with Gasteiger partial charge < -0.3 is 10.1 Å². The number of urea groups is 1. The van der Waals surface area contributed by atoms with E-state index in [4.69, 9.17) is 4.74 Å². The van der Waals surface area contributed by atoms with Crippen molar-refractivity contribution in [2.75, 3.05) is 12.8 Å². The molecule has 0 saturated heterocycles. The summed E-state index contributed by atoms with van der Waals surface area (Å²) in [7, 11) is -4.25. The van der Waals surface area contributed by atoms with Crippen LogP contribution in [0.2, 0.25) is 0 Å². The predicted octanol–water partition coefficient (Wildman–Crippen LogP) is 1.30. The van der Waals surface area contributed by atoms with Crippen molar-refractivity contribution >= 4 is 45.4 Å². The van der Waals surface area contributed by atoms with Crippen LogP contribution in [0.1, 0.15) is 32.6 Å². The number of ether oxygens (including phenoxy) is 1. The number of hydrogen-bond donors (Lipinski definition) is 3. The standard InChI is InChI=1S/C18H24N4O8S2/c1-11(17(24)21-18(25)20-12-5-3-4-6-12)30-16(23)10-19-32(28,29)13-7-8-15(31-2)14(9-13)22(26)27/h7-9,11-12,19H,3-6,10H2,1-2H3,(H2,20,21,24,25). The van der Waals surface area contributed by atoms with Gasteiger partial charge in [-0.25, -0.2) is 13.2 Å². The van der Waals surface area contributed by atoms with Crippen molar-refractivity contribution in [3.8, 4) is 0 Å². The molecular formula is C18H24N4O8S2. The van der Waals surface area contributed by atoms with Gasteiger partial charge in [0.1, 0.15) is 6.54 Å². The van der Waals surface area contributed by atoms with Crippen LogP contribution in [-0.4, -0.2) is 56.2 Å². The van der Waals surface area contributed by atoms with E-state index >= 15 is 0 Å². The van der Waals surface area contributed by atoms with Crippen molar-refractivity contribution in [1.29, 1.82) is 0 Å². The van der Waals surface area contributed by atoms with Crippen LogP contribution in [0.5, 0.6) is 0 Å². The zero-order chi connectivity index (χ0) is 23.9. The van der Waals surface area contributed by atoms with Crippen molar-refractivity contribution < 1.29 is 32.5 Å². The lowest BCUT2D eigenvalue weighted by molar-refractivity contribution is -0.388. The number of carbonyl (C=O) groups is 3. The average Bonchev–Trinajstić information content (AvgIpc) is 3.24. The first-order valence-electron chi connectivity index (χ1n) is 9.66. The van der Waals surface area contributed by atoms with Gasteiger partial charge in [0.2, 0.25) is 10.0 Å². The normalized spacial score (nSPS) is 15.1. The van der Waals surface area contributed by atoms with Gasteiger partial charge in [-0.2, -0.15) is 4.72 Å². The van der Waals surface area contributed by atoms with Crippen LogP contribution >= 0.6 is 11.8 Å². The minimum absolute atomic E-state index is 0.00382. The minimum Gasteiger partial charge on any atom is -0.452 e. The molecule has 0 spiro atoms. The van der Waals surface area contributed by atoms with Gasteiger partial charge in [-0.15, -0.1) is 11.8 Å². The molecule has 3 N–H and O–H groups in total. The van der Waals surface area contributed by atoms with E-state index in [9.17, 15) is 32.9 Å². The first-order valence-corrected chi connectivity index (χ1v) is 12.4. The predicted molar refractivity (Wildman–Crippen MR) is 115 cm³/mol. The number of amides is 3. The first kappa shape index (κ1) is 25.5. The van der Waals surface area contributed by atoms with E-state index in [0.717, 1.165) is 43.5 Å². The van der Waals surface area contributed by atoms with E-state index in [-0.39, 0.29) is 16.6 Å².